The third-order valence-corrected chi connectivity index (χ3v) is 11.4. The summed E-state index contributed by atoms with van der Waals surface area (Å²) in [7, 11) is 3.99. The Morgan fingerprint density at radius 3 is 1.25 bits per heavy atom. The number of benzene rings is 1. The van der Waals surface area contributed by atoms with E-state index in [1.807, 2.05) is 48.2 Å². The molecule has 0 unspecified atom stereocenters. The van der Waals surface area contributed by atoms with Gasteiger partial charge < -0.3 is 20.4 Å². The van der Waals surface area contributed by atoms with E-state index in [2.05, 4.69) is 10.6 Å². The summed E-state index contributed by atoms with van der Waals surface area (Å²) in [5.74, 6) is 4.81. The molecule has 8 bridgehead atoms. The van der Waals surface area contributed by atoms with Crippen LogP contribution in [0.5, 0.6) is 0 Å². The second kappa shape index (κ2) is 8.13. The Morgan fingerprint density at radius 2 is 0.944 bits per heavy atom. The number of hydrogen-bond donors (Lipinski definition) is 2. The molecule has 1 aromatic rings. The number of anilines is 2. The zero-order valence-electron chi connectivity index (χ0n) is 22.0. The van der Waals surface area contributed by atoms with E-state index in [0.29, 0.717) is 0 Å². The van der Waals surface area contributed by atoms with Gasteiger partial charge in [0.05, 0.1) is 0 Å². The van der Waals surface area contributed by atoms with Crippen molar-refractivity contribution in [2.45, 2.75) is 88.1 Å². The normalized spacial score (nSPS) is 41.3. The summed E-state index contributed by atoms with van der Waals surface area (Å²) in [6.07, 6.45) is 15.2. The predicted octanol–water partition coefficient (Wildman–Crippen LogP) is 6.55. The average Bonchev–Trinajstić information content (AvgIpc) is 2.81. The maximum atomic E-state index is 13.3. The number of urea groups is 2. The molecule has 8 fully saturated rings. The van der Waals surface area contributed by atoms with E-state index in [9.17, 15) is 9.59 Å². The van der Waals surface area contributed by atoms with Crippen LogP contribution in [0.2, 0.25) is 0 Å². The van der Waals surface area contributed by atoms with E-state index >= 15 is 0 Å². The number of carbonyl (C=O) groups is 2. The van der Waals surface area contributed by atoms with Gasteiger partial charge in [-0.25, -0.2) is 9.59 Å². The highest BCUT2D eigenvalue weighted by molar-refractivity contribution is 5.93. The number of hydrogen-bond acceptors (Lipinski definition) is 2. The van der Waals surface area contributed by atoms with Crippen LogP contribution in [0.15, 0.2) is 24.3 Å². The van der Waals surface area contributed by atoms with Gasteiger partial charge in [-0.2, -0.15) is 0 Å². The summed E-state index contributed by atoms with van der Waals surface area (Å²) in [4.78, 5) is 30.7. The lowest BCUT2D eigenvalue weighted by molar-refractivity contribution is -0.0606. The third-order valence-electron chi connectivity index (χ3n) is 11.4. The summed E-state index contributed by atoms with van der Waals surface area (Å²) in [5.41, 5.74) is 1.55. The number of nitrogens with one attached hydrogen (secondary N) is 2. The molecular formula is C30H42N4O2. The van der Waals surface area contributed by atoms with Gasteiger partial charge in [0.2, 0.25) is 0 Å². The van der Waals surface area contributed by atoms with Crippen LogP contribution >= 0.6 is 0 Å². The molecule has 8 aliphatic carbocycles. The van der Waals surface area contributed by atoms with Crippen molar-refractivity contribution < 1.29 is 9.59 Å². The largest absolute Gasteiger partial charge is 0.322 e. The van der Waals surface area contributed by atoms with Gasteiger partial charge in [-0.05, 0) is 131 Å². The maximum Gasteiger partial charge on any atom is 0.322 e. The molecule has 1 aromatic carbocycles. The minimum absolute atomic E-state index is 0.0221. The molecule has 9 rings (SSSR count). The number of carbonyl (C=O) groups excluding carboxylic acids is 2. The Balaban J connectivity index is 1.01. The van der Waals surface area contributed by atoms with Crippen molar-refractivity contribution in [3.63, 3.8) is 0 Å². The molecule has 8 saturated carbocycles. The van der Waals surface area contributed by atoms with E-state index in [1.54, 1.807) is 0 Å². The fourth-order valence-electron chi connectivity index (χ4n) is 10.5. The second-order valence-corrected chi connectivity index (χ2v) is 13.8. The fraction of sp³-hybridized carbons (Fsp3) is 0.733. The van der Waals surface area contributed by atoms with Crippen LogP contribution in [0, 0.1) is 35.5 Å². The second-order valence-electron chi connectivity index (χ2n) is 13.8. The highest BCUT2D eigenvalue weighted by Crippen LogP contribution is 2.58. The molecule has 2 N–H and O–H groups in total. The van der Waals surface area contributed by atoms with Gasteiger partial charge in [-0.1, -0.05) is 6.07 Å². The molecule has 6 nitrogen and oxygen atoms in total. The number of rotatable bonds is 4. The fourth-order valence-corrected chi connectivity index (χ4v) is 10.5. The lowest BCUT2D eigenvalue weighted by Crippen LogP contribution is -2.61. The summed E-state index contributed by atoms with van der Waals surface area (Å²) in [6.45, 7) is 0. The van der Waals surface area contributed by atoms with Crippen molar-refractivity contribution >= 4 is 23.4 Å². The van der Waals surface area contributed by atoms with Crippen LogP contribution in [0.3, 0.4) is 0 Å². The standard InChI is InChI=1S/C30H42N4O2/c1-33(29-13-19-6-20(14-29)8-21(7-19)15-29)27(35)31-25-4-3-5-26(12-25)32-28(36)34(2)30-16-22-9-23(17-30)11-24(10-22)18-30/h3-5,12,19-24H,6-11,13-18H2,1-2H3,(H,31,35)(H,32,36). The molecule has 0 atom stereocenters. The van der Waals surface area contributed by atoms with E-state index < -0.39 is 0 Å². The first kappa shape index (κ1) is 22.9. The average molecular weight is 491 g/mol. The summed E-state index contributed by atoms with van der Waals surface area (Å²) in [5, 5.41) is 6.28. The molecule has 0 aromatic heterocycles. The van der Waals surface area contributed by atoms with Crippen LogP contribution in [-0.4, -0.2) is 47.0 Å². The minimum Gasteiger partial charge on any atom is -0.322 e. The maximum absolute atomic E-state index is 13.3. The monoisotopic (exact) mass is 490 g/mol. The Hall–Kier alpha value is -2.24. The van der Waals surface area contributed by atoms with Gasteiger partial charge in [-0.3, -0.25) is 0 Å². The Labute approximate surface area is 215 Å². The van der Waals surface area contributed by atoms with Gasteiger partial charge in [0.1, 0.15) is 0 Å². The summed E-state index contributed by atoms with van der Waals surface area (Å²) < 4.78 is 0. The molecular weight excluding hydrogens is 448 g/mol. The van der Waals surface area contributed by atoms with Crippen LogP contribution in [-0.2, 0) is 0 Å². The van der Waals surface area contributed by atoms with Gasteiger partial charge in [-0.15, -0.1) is 0 Å². The van der Waals surface area contributed by atoms with Crippen LogP contribution in [0.25, 0.3) is 0 Å². The zero-order valence-corrected chi connectivity index (χ0v) is 22.0. The molecule has 0 heterocycles. The summed E-state index contributed by atoms with van der Waals surface area (Å²) >= 11 is 0. The van der Waals surface area contributed by atoms with Crippen molar-refractivity contribution in [3.8, 4) is 0 Å². The lowest BCUT2D eigenvalue weighted by atomic mass is 9.52. The third kappa shape index (κ3) is 3.73. The SMILES string of the molecule is CN(C(=O)Nc1cccc(NC(=O)N(C)C23CC4CC(CC(C4)C2)C3)c1)C12CC3CC(CC(C3)C1)C2. The van der Waals surface area contributed by atoms with Crippen molar-refractivity contribution in [3.05, 3.63) is 24.3 Å². The van der Waals surface area contributed by atoms with E-state index in [4.69, 9.17) is 0 Å². The molecule has 6 heteroatoms. The van der Waals surface area contributed by atoms with Gasteiger partial charge in [0.25, 0.3) is 0 Å². The Bertz CT molecular complexity index is 917. The van der Waals surface area contributed by atoms with Crippen molar-refractivity contribution in [2.24, 2.45) is 35.5 Å². The summed E-state index contributed by atoms with van der Waals surface area (Å²) in [6, 6.07) is 7.61. The molecule has 0 spiro atoms. The first-order chi connectivity index (χ1) is 17.3. The lowest BCUT2D eigenvalue weighted by Gasteiger charge is -2.59. The molecule has 0 saturated heterocycles. The topological polar surface area (TPSA) is 64.7 Å². The Morgan fingerprint density at radius 1 is 0.639 bits per heavy atom. The van der Waals surface area contributed by atoms with Crippen LogP contribution < -0.4 is 10.6 Å². The molecule has 0 aliphatic heterocycles. The first-order valence-corrected chi connectivity index (χ1v) is 14.5. The minimum atomic E-state index is -0.0221. The molecule has 194 valence electrons. The van der Waals surface area contributed by atoms with E-state index in [-0.39, 0.29) is 23.1 Å². The quantitative estimate of drug-likeness (QED) is 0.502. The smallest absolute Gasteiger partial charge is 0.322 e. The zero-order chi connectivity index (χ0) is 24.7. The molecule has 4 amide bonds. The van der Waals surface area contributed by atoms with Crippen LogP contribution in [0.1, 0.15) is 77.0 Å². The van der Waals surface area contributed by atoms with E-state index in [0.717, 1.165) is 85.4 Å². The van der Waals surface area contributed by atoms with Crippen molar-refractivity contribution in [1.29, 1.82) is 0 Å². The van der Waals surface area contributed by atoms with Gasteiger partial charge >= 0.3 is 12.1 Å². The van der Waals surface area contributed by atoms with E-state index in [1.165, 1.54) is 38.5 Å². The highest BCUT2D eigenvalue weighted by Gasteiger charge is 2.55. The molecule has 8 aliphatic rings. The first-order valence-electron chi connectivity index (χ1n) is 14.5. The van der Waals surface area contributed by atoms with Crippen molar-refractivity contribution in [1.82, 2.24) is 9.80 Å². The predicted molar refractivity (Wildman–Crippen MR) is 142 cm³/mol. The van der Waals surface area contributed by atoms with Crippen molar-refractivity contribution in [2.75, 3.05) is 24.7 Å². The number of amides is 4. The molecule has 0 radical (unpaired) electrons. The van der Waals surface area contributed by atoms with Crippen LogP contribution in [0.4, 0.5) is 21.0 Å². The molecule has 36 heavy (non-hydrogen) atoms. The van der Waals surface area contributed by atoms with Gasteiger partial charge in [0.15, 0.2) is 0 Å². The number of nitrogens with zero attached hydrogens (tertiary/aromatic N) is 2. The van der Waals surface area contributed by atoms with Gasteiger partial charge in [0, 0.05) is 36.5 Å². The highest BCUT2D eigenvalue weighted by atomic mass is 16.2. The Kier molecular flexibility index (Phi) is 5.17.